The lowest BCUT2D eigenvalue weighted by Gasteiger charge is -2.43. The van der Waals surface area contributed by atoms with Crippen LogP contribution in [0.1, 0.15) is 34.0 Å². The minimum absolute atomic E-state index is 0.00622. The minimum atomic E-state index is -3.88. The average Bonchev–Trinajstić information content (AvgIpc) is 2.85. The summed E-state index contributed by atoms with van der Waals surface area (Å²) in [5, 5.41) is 0. The standard InChI is InChI=1S/C27H30N4O4S/c1-18-4-10-23(11-5-18)36(34,35)28-24-12-13-25-21-14-19(16-31(25)27(24)33)15-30(17-21)26(32)20-6-8-22(9-7-20)29(2)3/h4-13,19,21,28H,14-17H2,1-3H3. The molecule has 1 amide bonds. The molecule has 9 heteroatoms. The van der Waals surface area contributed by atoms with Gasteiger partial charge in [-0.3, -0.25) is 14.3 Å². The highest BCUT2D eigenvalue weighted by Crippen LogP contribution is 2.36. The fourth-order valence-electron chi connectivity index (χ4n) is 5.20. The number of aromatic nitrogens is 1. The first-order chi connectivity index (χ1) is 17.1. The molecule has 2 aromatic carbocycles. The molecule has 1 N–H and O–H groups in total. The minimum Gasteiger partial charge on any atom is -0.378 e. The second kappa shape index (κ2) is 9.13. The Labute approximate surface area is 211 Å². The molecule has 8 nitrogen and oxygen atoms in total. The number of rotatable bonds is 5. The summed E-state index contributed by atoms with van der Waals surface area (Å²) in [6, 6.07) is 17.4. The van der Waals surface area contributed by atoms with Crippen LogP contribution >= 0.6 is 0 Å². The number of sulfonamides is 1. The number of carbonyl (C=O) groups is 1. The molecule has 1 aromatic heterocycles. The average molecular weight is 507 g/mol. The maximum absolute atomic E-state index is 13.3. The van der Waals surface area contributed by atoms with Crippen LogP contribution in [0.15, 0.2) is 70.4 Å². The van der Waals surface area contributed by atoms with Crippen LogP contribution in [0.25, 0.3) is 0 Å². The van der Waals surface area contributed by atoms with Crippen molar-refractivity contribution in [2.24, 2.45) is 5.92 Å². The quantitative estimate of drug-likeness (QED) is 0.574. The number of nitrogens with one attached hydrogen (secondary N) is 1. The second-order valence-electron chi connectivity index (χ2n) is 9.96. The zero-order valence-electron chi connectivity index (χ0n) is 20.6. The van der Waals surface area contributed by atoms with E-state index in [-0.39, 0.29) is 33.9 Å². The zero-order valence-corrected chi connectivity index (χ0v) is 21.5. The van der Waals surface area contributed by atoms with E-state index in [9.17, 15) is 18.0 Å². The smallest absolute Gasteiger partial charge is 0.275 e. The Bertz CT molecular complexity index is 1460. The normalized spacial score (nSPS) is 18.9. The number of anilines is 2. The number of hydrogen-bond acceptors (Lipinski definition) is 5. The van der Waals surface area contributed by atoms with Gasteiger partial charge < -0.3 is 14.4 Å². The first-order valence-electron chi connectivity index (χ1n) is 12.0. The third kappa shape index (κ3) is 4.51. The number of nitrogens with zero attached hydrogens (tertiary/aromatic N) is 3. The number of benzene rings is 2. The van der Waals surface area contributed by atoms with Crippen LogP contribution in [0.2, 0.25) is 0 Å². The van der Waals surface area contributed by atoms with Gasteiger partial charge in [0.2, 0.25) is 0 Å². The molecule has 2 unspecified atom stereocenters. The molecule has 5 rings (SSSR count). The van der Waals surface area contributed by atoms with Gasteiger partial charge in [0.05, 0.1) is 4.90 Å². The lowest BCUT2D eigenvalue weighted by atomic mass is 9.83. The Hall–Kier alpha value is -3.59. The van der Waals surface area contributed by atoms with Crippen molar-refractivity contribution >= 4 is 27.3 Å². The molecule has 2 bridgehead atoms. The predicted molar refractivity (Wildman–Crippen MR) is 140 cm³/mol. The van der Waals surface area contributed by atoms with E-state index in [1.54, 1.807) is 22.8 Å². The zero-order chi connectivity index (χ0) is 25.6. The van der Waals surface area contributed by atoms with Crippen LogP contribution in [0, 0.1) is 12.8 Å². The number of aryl methyl sites for hydroxylation is 1. The van der Waals surface area contributed by atoms with Crippen LogP contribution < -0.4 is 15.2 Å². The van der Waals surface area contributed by atoms with Gasteiger partial charge in [0.25, 0.3) is 21.5 Å². The molecule has 1 fully saturated rings. The second-order valence-corrected chi connectivity index (χ2v) is 11.6. The summed E-state index contributed by atoms with van der Waals surface area (Å²) >= 11 is 0. The highest BCUT2D eigenvalue weighted by atomic mass is 32.2. The van der Waals surface area contributed by atoms with Crippen molar-refractivity contribution in [2.45, 2.75) is 30.7 Å². The van der Waals surface area contributed by atoms with E-state index < -0.39 is 10.0 Å². The van der Waals surface area contributed by atoms with Crippen LogP contribution in [0.3, 0.4) is 0 Å². The van der Waals surface area contributed by atoms with Crippen molar-refractivity contribution in [3.05, 3.63) is 87.8 Å². The van der Waals surface area contributed by atoms with Crippen molar-refractivity contribution < 1.29 is 13.2 Å². The number of fused-ring (bicyclic) bond motifs is 4. The molecule has 3 heterocycles. The van der Waals surface area contributed by atoms with Gasteiger partial charge in [-0.05, 0) is 67.8 Å². The summed E-state index contributed by atoms with van der Waals surface area (Å²) < 4.78 is 29.8. The van der Waals surface area contributed by atoms with Gasteiger partial charge in [-0.25, -0.2) is 8.42 Å². The number of amides is 1. The molecule has 2 aliphatic rings. The maximum Gasteiger partial charge on any atom is 0.275 e. The van der Waals surface area contributed by atoms with E-state index in [4.69, 9.17) is 0 Å². The van der Waals surface area contributed by atoms with Crippen LogP contribution in [-0.2, 0) is 16.6 Å². The highest BCUT2D eigenvalue weighted by Gasteiger charge is 2.37. The molecule has 1 saturated heterocycles. The molecule has 0 aliphatic carbocycles. The molecule has 2 atom stereocenters. The molecule has 2 aliphatic heterocycles. The Morgan fingerprint density at radius 2 is 1.64 bits per heavy atom. The number of pyridine rings is 1. The predicted octanol–water partition coefficient (Wildman–Crippen LogP) is 3.28. The molecule has 0 spiro atoms. The molecule has 188 valence electrons. The van der Waals surface area contributed by atoms with Crippen LogP contribution in [-0.4, -0.2) is 51.0 Å². The third-order valence-corrected chi connectivity index (χ3v) is 8.48. The SMILES string of the molecule is Cc1ccc(S(=O)(=O)Nc2ccc3n(c2=O)CC2CC3CN(C(=O)c3ccc(N(C)C)cc3)C2)cc1. The van der Waals surface area contributed by atoms with E-state index in [0.717, 1.165) is 23.4 Å². The van der Waals surface area contributed by atoms with E-state index >= 15 is 0 Å². The fraction of sp³-hybridized carbons (Fsp3) is 0.333. The molecule has 3 aromatic rings. The summed E-state index contributed by atoms with van der Waals surface area (Å²) in [5.41, 5.74) is 3.16. The number of carbonyl (C=O) groups excluding carboxylic acids is 1. The monoisotopic (exact) mass is 506 g/mol. The first kappa shape index (κ1) is 24.1. The van der Waals surface area contributed by atoms with Gasteiger partial charge in [-0.2, -0.15) is 0 Å². The largest absolute Gasteiger partial charge is 0.378 e. The Morgan fingerprint density at radius 1 is 0.944 bits per heavy atom. The third-order valence-electron chi connectivity index (χ3n) is 7.10. The Balaban J connectivity index is 1.37. The van der Waals surface area contributed by atoms with Gasteiger partial charge in [-0.1, -0.05) is 17.7 Å². The van der Waals surface area contributed by atoms with E-state index in [2.05, 4.69) is 4.72 Å². The number of hydrogen-bond donors (Lipinski definition) is 1. The molecule has 0 saturated carbocycles. The van der Waals surface area contributed by atoms with Gasteiger partial charge in [0, 0.05) is 56.6 Å². The van der Waals surface area contributed by atoms with E-state index in [1.807, 2.05) is 61.2 Å². The van der Waals surface area contributed by atoms with Crippen LogP contribution in [0.4, 0.5) is 11.4 Å². The van der Waals surface area contributed by atoms with Crippen molar-refractivity contribution in [1.82, 2.24) is 9.47 Å². The Kier molecular flexibility index (Phi) is 6.12. The van der Waals surface area contributed by atoms with E-state index in [0.29, 0.717) is 25.2 Å². The van der Waals surface area contributed by atoms with Crippen molar-refractivity contribution in [2.75, 3.05) is 36.8 Å². The summed E-state index contributed by atoms with van der Waals surface area (Å²) in [5.74, 6) is 0.147. The topological polar surface area (TPSA) is 91.7 Å². The lowest BCUT2D eigenvalue weighted by Crippen LogP contribution is -2.49. The first-order valence-corrected chi connectivity index (χ1v) is 13.5. The molecular formula is C27H30N4O4S. The maximum atomic E-state index is 13.3. The number of likely N-dealkylation sites (tertiary alicyclic amines) is 1. The molecule has 0 radical (unpaired) electrons. The lowest BCUT2D eigenvalue weighted by molar-refractivity contribution is 0.0594. The molecular weight excluding hydrogens is 476 g/mol. The summed E-state index contributed by atoms with van der Waals surface area (Å²) in [4.78, 5) is 30.5. The highest BCUT2D eigenvalue weighted by molar-refractivity contribution is 7.92. The van der Waals surface area contributed by atoms with E-state index in [1.165, 1.54) is 12.1 Å². The summed E-state index contributed by atoms with van der Waals surface area (Å²) in [6.45, 7) is 3.43. The van der Waals surface area contributed by atoms with Crippen molar-refractivity contribution in [3.8, 4) is 0 Å². The van der Waals surface area contributed by atoms with Gasteiger partial charge in [-0.15, -0.1) is 0 Å². The van der Waals surface area contributed by atoms with Crippen LogP contribution in [0.5, 0.6) is 0 Å². The fourth-order valence-corrected chi connectivity index (χ4v) is 6.25. The Morgan fingerprint density at radius 3 is 2.31 bits per heavy atom. The van der Waals surface area contributed by atoms with Crippen molar-refractivity contribution in [3.63, 3.8) is 0 Å². The molecule has 36 heavy (non-hydrogen) atoms. The summed E-state index contributed by atoms with van der Waals surface area (Å²) in [6.07, 6.45) is 0.900. The van der Waals surface area contributed by atoms with Gasteiger partial charge >= 0.3 is 0 Å². The number of piperidine rings is 1. The van der Waals surface area contributed by atoms with Gasteiger partial charge in [0.1, 0.15) is 5.69 Å². The van der Waals surface area contributed by atoms with Gasteiger partial charge in [0.15, 0.2) is 0 Å². The van der Waals surface area contributed by atoms with Crippen molar-refractivity contribution in [1.29, 1.82) is 0 Å². The summed E-state index contributed by atoms with van der Waals surface area (Å²) in [7, 11) is 0.0423.